The molecule has 1 fully saturated rings. The Hall–Kier alpha value is -1.20. The molecular formula is C18H22BrN3S. The number of thiazole rings is 1. The Morgan fingerprint density at radius 3 is 2.78 bits per heavy atom. The first-order chi connectivity index (χ1) is 11.3. The van der Waals surface area contributed by atoms with E-state index >= 15 is 0 Å². The summed E-state index contributed by atoms with van der Waals surface area (Å²) in [4.78, 5) is 5.56. The van der Waals surface area contributed by atoms with Crippen LogP contribution in [0.5, 0.6) is 0 Å². The predicted octanol–water partition coefficient (Wildman–Crippen LogP) is 5.31. The minimum atomic E-state index is 0.609. The molecule has 1 saturated carbocycles. The van der Waals surface area contributed by atoms with E-state index in [1.54, 1.807) is 11.3 Å². The summed E-state index contributed by atoms with van der Waals surface area (Å²) in [7, 11) is 0. The Morgan fingerprint density at radius 1 is 1.26 bits per heavy atom. The number of hydrogen-bond donors (Lipinski definition) is 0. The molecule has 23 heavy (non-hydrogen) atoms. The maximum atomic E-state index is 4.81. The highest BCUT2D eigenvalue weighted by Gasteiger charge is 2.13. The molecule has 3 rings (SSSR count). The molecule has 1 aliphatic rings. The van der Waals surface area contributed by atoms with Crippen molar-refractivity contribution in [1.29, 1.82) is 0 Å². The number of aromatic nitrogens is 1. The summed E-state index contributed by atoms with van der Waals surface area (Å²) in [5, 5.41) is 6.96. The zero-order valence-corrected chi connectivity index (χ0v) is 15.8. The standard InChI is InChI=1S/C18H22BrN3S/c1-2-20-18-22(21-12-14-8-4-3-5-9-14)17(13-23-18)15-10-6-7-11-16(15)19/h6-7,10-14H,2-5,8-9H2,1H3. The third-order valence-corrected chi connectivity index (χ3v) is 5.72. The smallest absolute Gasteiger partial charge is 0.206 e. The van der Waals surface area contributed by atoms with Gasteiger partial charge in [0.1, 0.15) is 0 Å². The van der Waals surface area contributed by atoms with Gasteiger partial charge < -0.3 is 0 Å². The van der Waals surface area contributed by atoms with Crippen LogP contribution in [-0.4, -0.2) is 17.4 Å². The molecule has 1 heterocycles. The quantitative estimate of drug-likeness (QED) is 0.631. The van der Waals surface area contributed by atoms with Gasteiger partial charge in [0.2, 0.25) is 4.80 Å². The van der Waals surface area contributed by atoms with Crippen LogP contribution in [0, 0.1) is 5.92 Å². The molecule has 0 N–H and O–H groups in total. The minimum Gasteiger partial charge on any atom is -0.258 e. The first kappa shape index (κ1) is 16.7. The van der Waals surface area contributed by atoms with Crippen LogP contribution >= 0.6 is 27.3 Å². The van der Waals surface area contributed by atoms with E-state index in [4.69, 9.17) is 5.10 Å². The molecule has 122 valence electrons. The van der Waals surface area contributed by atoms with Crippen LogP contribution in [0.1, 0.15) is 39.0 Å². The average Bonchev–Trinajstić information content (AvgIpc) is 2.97. The molecule has 0 bridgehead atoms. The van der Waals surface area contributed by atoms with Crippen molar-refractivity contribution in [3.05, 3.63) is 38.9 Å². The van der Waals surface area contributed by atoms with Crippen LogP contribution in [0.3, 0.4) is 0 Å². The van der Waals surface area contributed by atoms with Gasteiger partial charge in [-0.2, -0.15) is 5.10 Å². The summed E-state index contributed by atoms with van der Waals surface area (Å²) in [5.74, 6) is 0.609. The van der Waals surface area contributed by atoms with Crippen molar-refractivity contribution in [1.82, 2.24) is 4.68 Å². The second kappa shape index (κ2) is 8.06. The molecule has 0 radical (unpaired) electrons. The van der Waals surface area contributed by atoms with E-state index in [1.807, 2.05) is 10.7 Å². The Kier molecular flexibility index (Phi) is 5.84. The van der Waals surface area contributed by atoms with Crippen LogP contribution in [0.25, 0.3) is 11.3 Å². The van der Waals surface area contributed by atoms with E-state index < -0.39 is 0 Å². The highest BCUT2D eigenvalue weighted by Crippen LogP contribution is 2.28. The molecule has 1 aromatic heterocycles. The van der Waals surface area contributed by atoms with E-state index in [0.717, 1.165) is 27.1 Å². The summed E-state index contributed by atoms with van der Waals surface area (Å²) in [5.41, 5.74) is 2.25. The largest absolute Gasteiger partial charge is 0.258 e. The Labute approximate surface area is 149 Å². The van der Waals surface area contributed by atoms with Gasteiger partial charge in [0.15, 0.2) is 0 Å². The van der Waals surface area contributed by atoms with E-state index in [0.29, 0.717) is 5.92 Å². The molecule has 0 unspecified atom stereocenters. The van der Waals surface area contributed by atoms with Gasteiger partial charge in [-0.3, -0.25) is 4.99 Å². The predicted molar refractivity (Wildman–Crippen MR) is 102 cm³/mol. The van der Waals surface area contributed by atoms with Gasteiger partial charge in [-0.25, -0.2) is 4.68 Å². The van der Waals surface area contributed by atoms with E-state index in [-0.39, 0.29) is 0 Å². The molecule has 0 amide bonds. The van der Waals surface area contributed by atoms with Crippen molar-refractivity contribution in [2.75, 3.05) is 6.54 Å². The van der Waals surface area contributed by atoms with Crippen LogP contribution < -0.4 is 4.80 Å². The van der Waals surface area contributed by atoms with Gasteiger partial charge in [0, 0.05) is 28.2 Å². The van der Waals surface area contributed by atoms with Crippen molar-refractivity contribution in [3.63, 3.8) is 0 Å². The Bertz CT molecular complexity index is 739. The van der Waals surface area contributed by atoms with Crippen molar-refractivity contribution < 1.29 is 0 Å². The fraction of sp³-hybridized carbons (Fsp3) is 0.444. The van der Waals surface area contributed by atoms with Crippen molar-refractivity contribution in [2.24, 2.45) is 16.0 Å². The number of hydrogen-bond acceptors (Lipinski definition) is 3. The number of rotatable bonds is 4. The summed E-state index contributed by atoms with van der Waals surface area (Å²) in [6, 6.07) is 8.28. The maximum Gasteiger partial charge on any atom is 0.206 e. The molecule has 3 nitrogen and oxygen atoms in total. The summed E-state index contributed by atoms with van der Waals surface area (Å²) >= 11 is 5.30. The van der Waals surface area contributed by atoms with Gasteiger partial charge >= 0.3 is 0 Å². The second-order valence-corrected chi connectivity index (χ2v) is 7.52. The zero-order valence-electron chi connectivity index (χ0n) is 13.4. The monoisotopic (exact) mass is 391 g/mol. The highest BCUT2D eigenvalue weighted by molar-refractivity contribution is 9.10. The molecule has 0 atom stereocenters. The van der Waals surface area contributed by atoms with Crippen LogP contribution in [0.15, 0.2) is 44.2 Å². The molecule has 1 aliphatic carbocycles. The lowest BCUT2D eigenvalue weighted by atomic mass is 9.90. The molecule has 0 spiro atoms. The van der Waals surface area contributed by atoms with E-state index in [1.165, 1.54) is 32.1 Å². The first-order valence-corrected chi connectivity index (χ1v) is 9.97. The molecule has 0 aliphatic heterocycles. The van der Waals surface area contributed by atoms with Crippen molar-refractivity contribution in [2.45, 2.75) is 39.0 Å². The fourth-order valence-corrected chi connectivity index (χ4v) is 4.33. The second-order valence-electron chi connectivity index (χ2n) is 5.83. The van der Waals surface area contributed by atoms with Gasteiger partial charge in [0.25, 0.3) is 0 Å². The first-order valence-electron chi connectivity index (χ1n) is 8.30. The van der Waals surface area contributed by atoms with Crippen LogP contribution in [0.2, 0.25) is 0 Å². The molecule has 5 heteroatoms. The Balaban J connectivity index is 1.99. The average molecular weight is 392 g/mol. The molecule has 1 aromatic carbocycles. The highest BCUT2D eigenvalue weighted by atomic mass is 79.9. The van der Waals surface area contributed by atoms with E-state index in [9.17, 15) is 0 Å². The third kappa shape index (κ3) is 4.01. The lowest BCUT2D eigenvalue weighted by Crippen LogP contribution is -2.15. The number of benzene rings is 1. The van der Waals surface area contributed by atoms with Gasteiger partial charge in [0.05, 0.1) is 5.69 Å². The normalized spacial score (nSPS) is 17.2. The lowest BCUT2D eigenvalue weighted by Gasteiger charge is -2.17. The van der Waals surface area contributed by atoms with Crippen molar-refractivity contribution in [3.8, 4) is 11.3 Å². The fourth-order valence-electron chi connectivity index (χ4n) is 2.95. The summed E-state index contributed by atoms with van der Waals surface area (Å²) < 4.78 is 3.09. The molecule has 0 saturated heterocycles. The molecule has 2 aromatic rings. The number of halogens is 1. The topological polar surface area (TPSA) is 29.6 Å². The summed E-state index contributed by atoms with van der Waals surface area (Å²) in [6.07, 6.45) is 8.69. The van der Waals surface area contributed by atoms with Crippen LogP contribution in [-0.2, 0) is 0 Å². The minimum absolute atomic E-state index is 0.609. The summed E-state index contributed by atoms with van der Waals surface area (Å²) in [6.45, 7) is 2.84. The van der Waals surface area contributed by atoms with E-state index in [2.05, 4.69) is 57.6 Å². The maximum absolute atomic E-state index is 4.81. The SMILES string of the molecule is CCN=c1scc(-c2ccccc2Br)n1N=CC1CCCCC1. The zero-order chi connectivity index (χ0) is 16.1. The van der Waals surface area contributed by atoms with Gasteiger partial charge in [-0.15, -0.1) is 11.3 Å². The van der Waals surface area contributed by atoms with Gasteiger partial charge in [-0.05, 0) is 31.7 Å². The van der Waals surface area contributed by atoms with Crippen molar-refractivity contribution >= 4 is 33.5 Å². The lowest BCUT2D eigenvalue weighted by molar-refractivity contribution is 0.443. The van der Waals surface area contributed by atoms with Gasteiger partial charge in [-0.1, -0.05) is 53.4 Å². The third-order valence-electron chi connectivity index (χ3n) is 4.17. The Morgan fingerprint density at radius 2 is 2.04 bits per heavy atom. The number of nitrogens with zero attached hydrogens (tertiary/aromatic N) is 3. The molecular weight excluding hydrogens is 370 g/mol. The van der Waals surface area contributed by atoms with Crippen LogP contribution in [0.4, 0.5) is 0 Å².